The van der Waals surface area contributed by atoms with Crippen LogP contribution in [-0.2, 0) is 44.1 Å². The molecule has 0 heterocycles. The number of carbonyl (C=O) groups is 2. The van der Waals surface area contributed by atoms with Crippen molar-refractivity contribution in [3.63, 3.8) is 0 Å². The topological polar surface area (TPSA) is 98.7 Å². The van der Waals surface area contributed by atoms with Crippen LogP contribution >= 0.6 is 0 Å². The third kappa shape index (κ3) is 9.75. The van der Waals surface area contributed by atoms with E-state index in [-0.39, 0.29) is 45.6 Å². The third-order valence-corrected chi connectivity index (χ3v) is 9.31. The van der Waals surface area contributed by atoms with E-state index in [1.54, 1.807) is 0 Å². The van der Waals surface area contributed by atoms with E-state index >= 15 is 0 Å². The summed E-state index contributed by atoms with van der Waals surface area (Å²) in [6, 6.07) is 8.01. The number of aromatic hydroxyl groups is 2. The molecule has 2 aromatic carbocycles. The first-order valence-electron chi connectivity index (χ1n) is 17.3. The van der Waals surface area contributed by atoms with Crippen LogP contribution in [0.5, 0.6) is 11.5 Å². The van der Waals surface area contributed by atoms with E-state index in [0.29, 0.717) is 37.2 Å². The van der Waals surface area contributed by atoms with Gasteiger partial charge in [-0.2, -0.15) is 0 Å². The van der Waals surface area contributed by atoms with Gasteiger partial charge in [0.05, 0.1) is 0 Å². The van der Waals surface area contributed by atoms with Crippen molar-refractivity contribution in [3.05, 3.63) is 57.6 Å². The number of amides is 2. The Kier molecular flexibility index (Phi) is 11.4. The number of rotatable bonds is 8. The number of hydrogen-bond donors (Lipinski definition) is 4. The lowest BCUT2D eigenvalue weighted by Crippen LogP contribution is -2.53. The minimum Gasteiger partial charge on any atom is -0.507 e. The predicted molar refractivity (Wildman–Crippen MR) is 190 cm³/mol. The van der Waals surface area contributed by atoms with E-state index < -0.39 is 0 Å². The lowest BCUT2D eigenvalue weighted by molar-refractivity contribution is -0.125. The summed E-state index contributed by atoms with van der Waals surface area (Å²) in [5.74, 6) is 0.678. The first-order valence-corrected chi connectivity index (χ1v) is 17.3. The van der Waals surface area contributed by atoms with Crippen molar-refractivity contribution in [3.8, 4) is 11.5 Å². The van der Waals surface area contributed by atoms with Crippen LogP contribution in [0.25, 0.3) is 0 Å². The van der Waals surface area contributed by atoms with Gasteiger partial charge in [-0.15, -0.1) is 0 Å². The fourth-order valence-corrected chi connectivity index (χ4v) is 6.51. The van der Waals surface area contributed by atoms with Gasteiger partial charge in [0.2, 0.25) is 11.8 Å². The maximum absolute atomic E-state index is 13.2. The highest BCUT2D eigenvalue weighted by molar-refractivity contribution is 5.78. The number of hydrogen-bond acceptors (Lipinski definition) is 4. The summed E-state index contributed by atoms with van der Waals surface area (Å²) in [5.41, 5.74) is 4.84. The lowest BCUT2D eigenvalue weighted by atomic mass is 9.78. The molecule has 0 aromatic heterocycles. The Morgan fingerprint density at radius 3 is 1.07 bits per heavy atom. The van der Waals surface area contributed by atoms with Gasteiger partial charge in [0.1, 0.15) is 11.5 Å². The molecule has 0 saturated heterocycles. The Balaban J connectivity index is 1.66. The van der Waals surface area contributed by atoms with Gasteiger partial charge >= 0.3 is 0 Å². The van der Waals surface area contributed by atoms with Crippen molar-refractivity contribution in [1.29, 1.82) is 0 Å². The second kappa shape index (κ2) is 14.0. The fourth-order valence-electron chi connectivity index (χ4n) is 6.51. The number of aryl methyl sites for hydroxylation is 2. The molecule has 4 N–H and O–H groups in total. The summed E-state index contributed by atoms with van der Waals surface area (Å²) in [5, 5.41) is 28.6. The molecule has 2 unspecified atom stereocenters. The largest absolute Gasteiger partial charge is 0.507 e. The molecule has 0 aliphatic heterocycles. The van der Waals surface area contributed by atoms with Gasteiger partial charge in [0.25, 0.3) is 0 Å². The van der Waals surface area contributed by atoms with Crippen molar-refractivity contribution in [2.45, 2.75) is 168 Å². The molecule has 1 aliphatic rings. The summed E-state index contributed by atoms with van der Waals surface area (Å²) < 4.78 is 0. The Morgan fingerprint density at radius 1 is 0.565 bits per heavy atom. The molecule has 6 heteroatoms. The Labute approximate surface area is 279 Å². The average Bonchev–Trinajstić information content (AvgIpc) is 2.90. The molecule has 256 valence electrons. The lowest BCUT2D eigenvalue weighted by Gasteiger charge is -2.33. The number of nitrogens with one attached hydrogen (secondary N) is 2. The number of benzene rings is 2. The van der Waals surface area contributed by atoms with E-state index in [4.69, 9.17) is 0 Å². The summed E-state index contributed by atoms with van der Waals surface area (Å²) in [4.78, 5) is 26.4. The number of carbonyl (C=O) groups excluding carboxylic acids is 2. The van der Waals surface area contributed by atoms with E-state index in [2.05, 4.69) is 93.7 Å². The smallest absolute Gasteiger partial charge is 0.220 e. The van der Waals surface area contributed by atoms with Crippen LogP contribution < -0.4 is 10.6 Å². The van der Waals surface area contributed by atoms with Crippen molar-refractivity contribution in [2.24, 2.45) is 0 Å². The highest BCUT2D eigenvalue weighted by Gasteiger charge is 2.30. The molecule has 46 heavy (non-hydrogen) atoms. The van der Waals surface area contributed by atoms with Crippen LogP contribution in [0.2, 0.25) is 0 Å². The summed E-state index contributed by atoms with van der Waals surface area (Å²) in [6.07, 6.45) is 5.61. The normalized spacial score (nSPS) is 17.9. The van der Waals surface area contributed by atoms with E-state index in [0.717, 1.165) is 59.1 Å². The van der Waals surface area contributed by atoms with E-state index in [1.807, 2.05) is 24.3 Å². The van der Waals surface area contributed by atoms with Crippen molar-refractivity contribution in [1.82, 2.24) is 10.6 Å². The van der Waals surface area contributed by atoms with E-state index in [1.165, 1.54) is 0 Å². The van der Waals surface area contributed by atoms with Crippen LogP contribution in [-0.4, -0.2) is 34.1 Å². The van der Waals surface area contributed by atoms with Crippen LogP contribution in [0, 0.1) is 0 Å². The Bertz CT molecular complexity index is 1220. The first kappa shape index (κ1) is 37.4. The first-order chi connectivity index (χ1) is 21.0. The molecule has 3 rings (SSSR count). The molecular formula is C40H62N2O4. The zero-order valence-electron chi connectivity index (χ0n) is 30.8. The van der Waals surface area contributed by atoms with E-state index in [9.17, 15) is 19.8 Å². The molecule has 0 bridgehead atoms. The molecule has 1 saturated carbocycles. The van der Waals surface area contributed by atoms with Crippen molar-refractivity contribution >= 4 is 11.8 Å². The van der Waals surface area contributed by atoms with Gasteiger partial charge in [-0.3, -0.25) is 9.59 Å². The molecule has 1 fully saturated rings. The summed E-state index contributed by atoms with van der Waals surface area (Å²) in [6.45, 7) is 25.2. The van der Waals surface area contributed by atoms with Gasteiger partial charge in [-0.05, 0) is 80.7 Å². The van der Waals surface area contributed by atoms with Gasteiger partial charge in [-0.25, -0.2) is 0 Å². The summed E-state index contributed by atoms with van der Waals surface area (Å²) in [7, 11) is 0. The van der Waals surface area contributed by atoms with Crippen molar-refractivity contribution in [2.75, 3.05) is 0 Å². The molecule has 1 aliphatic carbocycles. The second-order valence-electron chi connectivity index (χ2n) is 17.7. The maximum atomic E-state index is 13.2. The Hall–Kier alpha value is -3.02. The third-order valence-electron chi connectivity index (χ3n) is 9.31. The van der Waals surface area contributed by atoms with Gasteiger partial charge in [0, 0.05) is 24.9 Å². The molecular weight excluding hydrogens is 572 g/mol. The highest BCUT2D eigenvalue weighted by atomic mass is 16.3. The van der Waals surface area contributed by atoms with Gasteiger partial charge in [0.15, 0.2) is 0 Å². The van der Waals surface area contributed by atoms with Gasteiger partial charge < -0.3 is 20.8 Å². The molecule has 2 atom stereocenters. The standard InChI is InChI=1S/C40H62N2O4/c1-37(2,3)27-21-25(22-28(35(27)45)38(4,5)6)17-19-33(43)41-31-15-13-14-16-32(31)42-34(44)20-18-26-23-29(39(7,8)9)36(46)30(24-26)40(10,11)12/h21-24,31-32,45-46H,13-20H2,1-12H3,(H,41,43)(H,42,44). The highest BCUT2D eigenvalue weighted by Crippen LogP contribution is 2.41. The summed E-state index contributed by atoms with van der Waals surface area (Å²) >= 11 is 0. The van der Waals surface area contributed by atoms with Crippen LogP contribution in [0.4, 0.5) is 0 Å². The molecule has 2 aromatic rings. The predicted octanol–water partition coefficient (Wildman–Crippen LogP) is 8.40. The zero-order chi connectivity index (χ0) is 34.8. The monoisotopic (exact) mass is 634 g/mol. The minimum atomic E-state index is -0.220. The van der Waals surface area contributed by atoms with Crippen LogP contribution in [0.1, 0.15) is 155 Å². The van der Waals surface area contributed by atoms with Crippen molar-refractivity contribution < 1.29 is 19.8 Å². The SMILES string of the molecule is CC(C)(C)c1cc(CCC(=O)NC2CCCCC2NC(=O)CCc2cc(C(C)(C)C)c(O)c(C(C)(C)C)c2)cc(C(C)(C)C)c1O. The Morgan fingerprint density at radius 2 is 0.826 bits per heavy atom. The quantitative estimate of drug-likeness (QED) is 0.234. The van der Waals surface area contributed by atoms with Crippen LogP contribution in [0.3, 0.4) is 0 Å². The molecule has 0 spiro atoms. The molecule has 2 amide bonds. The van der Waals surface area contributed by atoms with Gasteiger partial charge in [-0.1, -0.05) is 120 Å². The maximum Gasteiger partial charge on any atom is 0.220 e. The zero-order valence-corrected chi connectivity index (χ0v) is 30.8. The average molecular weight is 635 g/mol. The second-order valence-corrected chi connectivity index (χ2v) is 17.7. The fraction of sp³-hybridized carbons (Fsp3) is 0.650. The minimum absolute atomic E-state index is 0.0117. The number of phenolic OH excluding ortho intramolecular Hbond substituents is 2. The van der Waals surface area contributed by atoms with Crippen LogP contribution in [0.15, 0.2) is 24.3 Å². The molecule has 6 nitrogen and oxygen atoms in total. The number of phenols is 2. The molecule has 0 radical (unpaired) electrons.